The lowest BCUT2D eigenvalue weighted by Crippen LogP contribution is -2.43. The fourth-order valence-electron chi connectivity index (χ4n) is 2.35. The topological polar surface area (TPSA) is 59.6 Å². The van der Waals surface area contributed by atoms with Crippen molar-refractivity contribution in [2.45, 2.75) is 32.9 Å². The molecule has 0 saturated heterocycles. The van der Waals surface area contributed by atoms with E-state index in [-0.39, 0.29) is 18.1 Å². The highest BCUT2D eigenvalue weighted by molar-refractivity contribution is 9.10. The van der Waals surface area contributed by atoms with Gasteiger partial charge in [0.05, 0.1) is 7.11 Å². The molecular formula is C20H24BrClN2O3. The Labute approximate surface area is 173 Å². The lowest BCUT2D eigenvalue weighted by Gasteiger charge is -2.21. The summed E-state index contributed by atoms with van der Waals surface area (Å²) in [6.45, 7) is 6.27. The van der Waals surface area contributed by atoms with Crippen LogP contribution >= 0.6 is 27.5 Å². The van der Waals surface area contributed by atoms with Gasteiger partial charge in [-0.2, -0.15) is 0 Å². The van der Waals surface area contributed by atoms with Gasteiger partial charge in [-0.1, -0.05) is 27.5 Å². The zero-order valence-corrected chi connectivity index (χ0v) is 18.2. The van der Waals surface area contributed by atoms with Crippen LogP contribution in [0.15, 0.2) is 40.9 Å². The number of rotatable bonds is 7. The summed E-state index contributed by atoms with van der Waals surface area (Å²) in [5.41, 5.74) is 1.65. The Morgan fingerprint density at radius 2 is 1.81 bits per heavy atom. The summed E-state index contributed by atoms with van der Waals surface area (Å²) < 4.78 is 11.9. The largest absolute Gasteiger partial charge is 0.493 e. The minimum absolute atomic E-state index is 0.0809. The number of carbonyl (C=O) groups is 1. The number of carbonyl (C=O) groups excluding carboxylic acids is 1. The molecule has 2 rings (SSSR count). The molecule has 146 valence electrons. The average molecular weight is 456 g/mol. The molecule has 0 aliphatic carbocycles. The van der Waals surface area contributed by atoms with Crippen LogP contribution < -0.4 is 20.1 Å². The smallest absolute Gasteiger partial charge is 0.258 e. The van der Waals surface area contributed by atoms with Gasteiger partial charge in [-0.05, 0) is 62.7 Å². The van der Waals surface area contributed by atoms with E-state index < -0.39 is 0 Å². The molecule has 0 radical (unpaired) electrons. The van der Waals surface area contributed by atoms with Crippen LogP contribution in [0.25, 0.3) is 0 Å². The molecule has 0 aliphatic heterocycles. The highest BCUT2D eigenvalue weighted by Gasteiger charge is 2.16. The van der Waals surface area contributed by atoms with Crippen molar-refractivity contribution in [2.75, 3.05) is 19.0 Å². The van der Waals surface area contributed by atoms with Crippen LogP contribution in [-0.2, 0) is 11.3 Å². The standard InChI is InChI=1S/C20H24BrClN2O3/c1-20(2,3)24-19(25)12-27-18-10-16(21)13(9-17(18)26-4)11-23-15-7-5-14(22)6-8-15/h5-10,23H,11-12H2,1-4H3,(H,24,25). The van der Waals surface area contributed by atoms with Crippen molar-refractivity contribution in [2.24, 2.45) is 0 Å². The fraction of sp³-hybridized carbons (Fsp3) is 0.350. The Kier molecular flexibility index (Phi) is 7.39. The molecule has 0 aliphatic rings. The number of amides is 1. The van der Waals surface area contributed by atoms with E-state index in [1.165, 1.54) is 0 Å². The molecule has 0 atom stereocenters. The maximum Gasteiger partial charge on any atom is 0.258 e. The molecular weight excluding hydrogens is 432 g/mol. The van der Waals surface area contributed by atoms with Crippen molar-refractivity contribution < 1.29 is 14.3 Å². The normalized spacial score (nSPS) is 11.0. The van der Waals surface area contributed by atoms with Gasteiger partial charge in [0, 0.05) is 27.3 Å². The second-order valence-corrected chi connectivity index (χ2v) is 8.33. The van der Waals surface area contributed by atoms with Gasteiger partial charge in [0.15, 0.2) is 18.1 Å². The molecule has 27 heavy (non-hydrogen) atoms. The molecule has 0 bridgehead atoms. The van der Waals surface area contributed by atoms with Gasteiger partial charge < -0.3 is 20.1 Å². The lowest BCUT2D eigenvalue weighted by molar-refractivity contribution is -0.124. The number of ether oxygens (including phenoxy) is 2. The number of hydrogen-bond donors (Lipinski definition) is 2. The highest BCUT2D eigenvalue weighted by Crippen LogP contribution is 2.34. The first-order chi connectivity index (χ1) is 12.7. The zero-order chi connectivity index (χ0) is 20.0. The Balaban J connectivity index is 2.05. The summed E-state index contributed by atoms with van der Waals surface area (Å²) in [6, 6.07) is 11.2. The number of benzene rings is 2. The molecule has 1 amide bonds. The highest BCUT2D eigenvalue weighted by atomic mass is 79.9. The average Bonchev–Trinajstić information content (AvgIpc) is 2.59. The predicted molar refractivity (Wildman–Crippen MR) is 113 cm³/mol. The van der Waals surface area contributed by atoms with Crippen LogP contribution in [-0.4, -0.2) is 25.2 Å². The summed E-state index contributed by atoms with van der Waals surface area (Å²) in [7, 11) is 1.57. The number of nitrogens with one attached hydrogen (secondary N) is 2. The monoisotopic (exact) mass is 454 g/mol. The molecule has 0 heterocycles. The maximum atomic E-state index is 12.0. The summed E-state index contributed by atoms with van der Waals surface area (Å²) in [4.78, 5) is 12.0. The molecule has 0 saturated carbocycles. The van der Waals surface area contributed by atoms with E-state index in [0.29, 0.717) is 23.1 Å². The number of anilines is 1. The van der Waals surface area contributed by atoms with Crippen molar-refractivity contribution >= 4 is 39.1 Å². The maximum absolute atomic E-state index is 12.0. The molecule has 0 spiro atoms. The predicted octanol–water partition coefficient (Wildman–Crippen LogP) is 5.02. The molecule has 7 heteroatoms. The lowest BCUT2D eigenvalue weighted by atomic mass is 10.1. The van der Waals surface area contributed by atoms with E-state index in [4.69, 9.17) is 21.1 Å². The van der Waals surface area contributed by atoms with Crippen molar-refractivity contribution in [3.05, 3.63) is 51.5 Å². The third-order valence-corrected chi connectivity index (χ3v) is 4.52. The Morgan fingerprint density at radius 1 is 1.15 bits per heavy atom. The summed E-state index contributed by atoms with van der Waals surface area (Å²) in [5, 5.41) is 6.88. The van der Waals surface area contributed by atoms with E-state index in [1.807, 2.05) is 57.2 Å². The quantitative estimate of drug-likeness (QED) is 0.616. The van der Waals surface area contributed by atoms with Gasteiger partial charge in [0.25, 0.3) is 5.91 Å². The third-order valence-electron chi connectivity index (χ3n) is 3.53. The van der Waals surface area contributed by atoms with Gasteiger partial charge in [0.2, 0.25) is 0 Å². The minimum Gasteiger partial charge on any atom is -0.493 e. The first-order valence-electron chi connectivity index (χ1n) is 8.47. The van der Waals surface area contributed by atoms with Crippen molar-refractivity contribution in [3.8, 4) is 11.5 Å². The van der Waals surface area contributed by atoms with Gasteiger partial charge in [0.1, 0.15) is 0 Å². The third kappa shape index (κ3) is 6.96. The Bertz CT molecular complexity index is 789. The zero-order valence-electron chi connectivity index (χ0n) is 15.9. The second-order valence-electron chi connectivity index (χ2n) is 7.04. The van der Waals surface area contributed by atoms with E-state index in [1.54, 1.807) is 7.11 Å². The van der Waals surface area contributed by atoms with E-state index in [0.717, 1.165) is 15.7 Å². The summed E-state index contributed by atoms with van der Waals surface area (Å²) >= 11 is 9.46. The van der Waals surface area contributed by atoms with Crippen molar-refractivity contribution in [1.82, 2.24) is 5.32 Å². The Hall–Kier alpha value is -1.92. The number of halogens is 2. The first kappa shape index (κ1) is 21.4. The first-order valence-corrected chi connectivity index (χ1v) is 9.64. The van der Waals surface area contributed by atoms with Crippen LogP contribution in [0.1, 0.15) is 26.3 Å². The molecule has 2 N–H and O–H groups in total. The van der Waals surface area contributed by atoms with Gasteiger partial charge in [-0.25, -0.2) is 0 Å². The van der Waals surface area contributed by atoms with Crippen LogP contribution in [0.3, 0.4) is 0 Å². The minimum atomic E-state index is -0.303. The molecule has 5 nitrogen and oxygen atoms in total. The van der Waals surface area contributed by atoms with Crippen molar-refractivity contribution in [1.29, 1.82) is 0 Å². The molecule has 0 fully saturated rings. The van der Waals surface area contributed by atoms with Gasteiger partial charge in [-0.15, -0.1) is 0 Å². The van der Waals surface area contributed by atoms with E-state index >= 15 is 0 Å². The molecule has 2 aromatic rings. The second kappa shape index (κ2) is 9.33. The van der Waals surface area contributed by atoms with Gasteiger partial charge in [-0.3, -0.25) is 4.79 Å². The summed E-state index contributed by atoms with van der Waals surface area (Å²) in [6.07, 6.45) is 0. The molecule has 2 aromatic carbocycles. The Morgan fingerprint density at radius 3 is 2.41 bits per heavy atom. The molecule has 0 unspecified atom stereocenters. The molecule has 0 aromatic heterocycles. The summed E-state index contributed by atoms with van der Waals surface area (Å²) in [5.74, 6) is 0.882. The van der Waals surface area contributed by atoms with Crippen LogP contribution in [0.5, 0.6) is 11.5 Å². The SMILES string of the molecule is COc1cc(CNc2ccc(Cl)cc2)c(Br)cc1OCC(=O)NC(C)(C)C. The van der Waals surface area contributed by atoms with Crippen LogP contribution in [0.2, 0.25) is 5.02 Å². The van der Waals surface area contributed by atoms with Crippen LogP contribution in [0, 0.1) is 0 Å². The van der Waals surface area contributed by atoms with Crippen LogP contribution in [0.4, 0.5) is 5.69 Å². The number of methoxy groups -OCH3 is 1. The van der Waals surface area contributed by atoms with E-state index in [9.17, 15) is 4.79 Å². The fourth-order valence-corrected chi connectivity index (χ4v) is 2.94. The van der Waals surface area contributed by atoms with E-state index in [2.05, 4.69) is 26.6 Å². The van der Waals surface area contributed by atoms with Gasteiger partial charge >= 0.3 is 0 Å². The van der Waals surface area contributed by atoms with Crippen molar-refractivity contribution in [3.63, 3.8) is 0 Å². The number of hydrogen-bond acceptors (Lipinski definition) is 4.